The third-order valence-electron chi connectivity index (χ3n) is 1.90. The van der Waals surface area contributed by atoms with Gasteiger partial charge in [-0.3, -0.25) is 0 Å². The summed E-state index contributed by atoms with van der Waals surface area (Å²) in [6.07, 6.45) is 0. The van der Waals surface area contributed by atoms with Gasteiger partial charge in [-0.15, -0.1) is 0 Å². The van der Waals surface area contributed by atoms with Crippen molar-refractivity contribution >= 4 is 10.1 Å². The van der Waals surface area contributed by atoms with Crippen LogP contribution < -0.4 is 34.3 Å². The van der Waals surface area contributed by atoms with Crippen LogP contribution in [0.3, 0.4) is 0 Å². The third kappa shape index (κ3) is 3.95. The molecule has 0 heterocycles. The Bertz CT molecular complexity index is 616. The molecule has 0 saturated heterocycles. The Balaban J connectivity index is 0.00000361. The number of benzene rings is 1. The average Bonchev–Trinajstić information content (AvgIpc) is 2.24. The van der Waals surface area contributed by atoms with Crippen LogP contribution in [-0.4, -0.2) is 19.6 Å². The van der Waals surface area contributed by atoms with Crippen molar-refractivity contribution in [2.75, 3.05) is 6.61 Å². The van der Waals surface area contributed by atoms with Gasteiger partial charge >= 0.3 is 29.6 Å². The maximum absolute atomic E-state index is 13.3. The van der Waals surface area contributed by atoms with Crippen LogP contribution in [0.25, 0.3) is 0 Å². The molecule has 0 N–H and O–H groups in total. The molecular formula is C10H7F4NaO4S. The van der Waals surface area contributed by atoms with Gasteiger partial charge in [0.15, 0.2) is 17.4 Å². The smallest absolute Gasteiger partial charge is 0.744 e. The van der Waals surface area contributed by atoms with Crippen molar-refractivity contribution in [2.24, 2.45) is 0 Å². The van der Waals surface area contributed by atoms with Crippen LogP contribution >= 0.6 is 0 Å². The van der Waals surface area contributed by atoms with Crippen molar-refractivity contribution in [1.29, 1.82) is 0 Å². The molecule has 0 aliphatic heterocycles. The molecule has 4 nitrogen and oxygen atoms in total. The SMILES string of the molecule is C=C(C)COc1c(F)c(F)c(S(=O)(=O)[O-])c(F)c1F.[Na+]. The van der Waals surface area contributed by atoms with Crippen molar-refractivity contribution in [1.82, 2.24) is 0 Å². The molecule has 0 atom stereocenters. The Morgan fingerprint density at radius 3 is 1.85 bits per heavy atom. The second kappa shape index (κ2) is 6.90. The van der Waals surface area contributed by atoms with E-state index in [1.165, 1.54) is 6.92 Å². The predicted molar refractivity (Wildman–Crippen MR) is 54.5 cm³/mol. The zero-order chi connectivity index (χ0) is 15.0. The molecule has 0 bridgehead atoms. The molecule has 0 radical (unpaired) electrons. The molecule has 0 aliphatic carbocycles. The Morgan fingerprint density at radius 2 is 1.55 bits per heavy atom. The van der Waals surface area contributed by atoms with Gasteiger partial charge in [0.2, 0.25) is 11.6 Å². The van der Waals surface area contributed by atoms with Crippen LogP contribution in [0, 0.1) is 23.3 Å². The van der Waals surface area contributed by atoms with Crippen LogP contribution in [0.5, 0.6) is 5.75 Å². The minimum Gasteiger partial charge on any atom is -0.744 e. The molecule has 0 aromatic heterocycles. The summed E-state index contributed by atoms with van der Waals surface area (Å²) in [5.41, 5.74) is 0.292. The van der Waals surface area contributed by atoms with E-state index in [0.717, 1.165) is 0 Å². The van der Waals surface area contributed by atoms with Gasteiger partial charge < -0.3 is 9.29 Å². The number of rotatable bonds is 4. The van der Waals surface area contributed by atoms with E-state index in [0.29, 0.717) is 5.57 Å². The molecule has 106 valence electrons. The van der Waals surface area contributed by atoms with E-state index in [4.69, 9.17) is 0 Å². The Morgan fingerprint density at radius 1 is 1.15 bits per heavy atom. The number of halogens is 4. The van der Waals surface area contributed by atoms with Gasteiger partial charge in [-0.25, -0.2) is 17.2 Å². The Hall–Kier alpha value is -0.610. The van der Waals surface area contributed by atoms with Crippen LogP contribution in [0.1, 0.15) is 6.92 Å². The van der Waals surface area contributed by atoms with Crippen LogP contribution in [0.4, 0.5) is 17.6 Å². The molecule has 0 amide bonds. The Kier molecular flexibility index (Phi) is 6.69. The van der Waals surface area contributed by atoms with Crippen molar-refractivity contribution < 1.29 is 64.8 Å². The molecule has 20 heavy (non-hydrogen) atoms. The minimum atomic E-state index is -5.71. The van der Waals surface area contributed by atoms with Crippen molar-refractivity contribution in [3.8, 4) is 5.75 Å². The largest absolute Gasteiger partial charge is 1.00 e. The van der Waals surface area contributed by atoms with Crippen LogP contribution in [-0.2, 0) is 10.1 Å². The molecule has 0 fully saturated rings. The molecule has 0 spiro atoms. The van der Waals surface area contributed by atoms with E-state index in [9.17, 15) is 30.5 Å². The maximum atomic E-state index is 13.3. The second-order valence-electron chi connectivity index (χ2n) is 3.61. The molecule has 0 aliphatic rings. The second-order valence-corrected chi connectivity index (χ2v) is 4.93. The van der Waals surface area contributed by atoms with Gasteiger partial charge in [-0.1, -0.05) is 6.58 Å². The summed E-state index contributed by atoms with van der Waals surface area (Å²) in [4.78, 5) is -2.22. The fourth-order valence-corrected chi connectivity index (χ4v) is 1.75. The van der Waals surface area contributed by atoms with Gasteiger partial charge in [0, 0.05) is 0 Å². The zero-order valence-electron chi connectivity index (χ0n) is 10.5. The summed E-state index contributed by atoms with van der Waals surface area (Å²) in [7, 11) is -5.71. The van der Waals surface area contributed by atoms with E-state index in [2.05, 4.69) is 11.3 Å². The summed E-state index contributed by atoms with van der Waals surface area (Å²) >= 11 is 0. The topological polar surface area (TPSA) is 66.4 Å². The van der Waals surface area contributed by atoms with Gasteiger partial charge in [0.1, 0.15) is 21.6 Å². The zero-order valence-corrected chi connectivity index (χ0v) is 13.3. The molecular weight excluding hydrogens is 315 g/mol. The Labute approximate surface area is 134 Å². The van der Waals surface area contributed by atoms with Crippen molar-refractivity contribution in [3.05, 3.63) is 35.4 Å². The minimum absolute atomic E-state index is 0. The molecule has 1 aromatic carbocycles. The van der Waals surface area contributed by atoms with Gasteiger partial charge in [-0.05, 0) is 12.5 Å². The average molecular weight is 322 g/mol. The summed E-state index contributed by atoms with van der Waals surface area (Å²) in [5.74, 6) is -10.3. The van der Waals surface area contributed by atoms with Crippen molar-refractivity contribution in [3.63, 3.8) is 0 Å². The first-order valence-corrected chi connectivity index (χ1v) is 6.07. The van der Waals surface area contributed by atoms with Crippen LogP contribution in [0.15, 0.2) is 17.0 Å². The van der Waals surface area contributed by atoms with E-state index in [1.807, 2.05) is 0 Å². The first kappa shape index (κ1) is 19.4. The molecule has 1 rings (SSSR count). The third-order valence-corrected chi connectivity index (χ3v) is 2.75. The van der Waals surface area contributed by atoms with E-state index < -0.39 is 50.6 Å². The molecule has 0 saturated carbocycles. The maximum Gasteiger partial charge on any atom is 1.00 e. The number of ether oxygens (including phenoxy) is 1. The first-order valence-electron chi connectivity index (χ1n) is 4.66. The normalized spacial score (nSPS) is 10.9. The van der Waals surface area contributed by atoms with Gasteiger partial charge in [0.25, 0.3) is 0 Å². The molecule has 1 aromatic rings. The molecule has 0 unspecified atom stereocenters. The molecule has 10 heteroatoms. The standard InChI is InChI=1S/C10H8F4O4S.Na/c1-4(2)3-18-9-5(11)7(13)10(19(15,16)17)8(14)6(9)12;/h1,3H2,2H3,(H,15,16,17);/q;+1/p-1. The van der Waals surface area contributed by atoms with E-state index >= 15 is 0 Å². The summed E-state index contributed by atoms with van der Waals surface area (Å²) < 4.78 is 89.2. The summed E-state index contributed by atoms with van der Waals surface area (Å²) in [6.45, 7) is 4.30. The predicted octanol–water partition coefficient (Wildman–Crippen LogP) is -0.894. The van der Waals surface area contributed by atoms with Crippen LogP contribution in [0.2, 0.25) is 0 Å². The van der Waals surface area contributed by atoms with Crippen molar-refractivity contribution in [2.45, 2.75) is 11.8 Å². The summed E-state index contributed by atoms with van der Waals surface area (Å²) in [6, 6.07) is 0. The first-order chi connectivity index (χ1) is 8.57. The van der Waals surface area contributed by atoms with Gasteiger partial charge in [-0.2, -0.15) is 8.78 Å². The number of hydrogen-bond acceptors (Lipinski definition) is 4. The fourth-order valence-electron chi connectivity index (χ4n) is 1.13. The quantitative estimate of drug-likeness (QED) is 0.237. The van der Waals surface area contributed by atoms with E-state index in [1.54, 1.807) is 0 Å². The number of hydrogen-bond donors (Lipinski definition) is 0. The van der Waals surface area contributed by atoms with E-state index in [-0.39, 0.29) is 29.6 Å². The monoisotopic (exact) mass is 322 g/mol. The fraction of sp³-hybridized carbons (Fsp3) is 0.200. The summed E-state index contributed by atoms with van der Waals surface area (Å²) in [5, 5.41) is 0. The van der Waals surface area contributed by atoms with Gasteiger partial charge in [0.05, 0.1) is 0 Å².